The number of carbonyl (C=O) groups is 1. The molecule has 0 aliphatic heterocycles. The van der Waals surface area contributed by atoms with Gasteiger partial charge in [-0.05, 0) is 43.0 Å². The zero-order chi connectivity index (χ0) is 21.0. The largest absolute Gasteiger partial charge is 0.417 e. The molecule has 0 spiro atoms. The monoisotopic (exact) mass is 445 g/mol. The van der Waals surface area contributed by atoms with E-state index in [4.69, 9.17) is 23.2 Å². The van der Waals surface area contributed by atoms with Gasteiger partial charge in [0.05, 0.1) is 21.2 Å². The molecule has 1 fully saturated rings. The molecule has 1 aliphatic rings. The lowest BCUT2D eigenvalue weighted by Gasteiger charge is -2.22. The van der Waals surface area contributed by atoms with Crippen LogP contribution in [0, 0.1) is 5.92 Å². The lowest BCUT2D eigenvalue weighted by Crippen LogP contribution is -2.32. The van der Waals surface area contributed by atoms with Crippen LogP contribution >= 0.6 is 23.2 Å². The summed E-state index contributed by atoms with van der Waals surface area (Å²) < 4.78 is 40.7. The second-order valence-electron chi connectivity index (χ2n) is 7.08. The first-order chi connectivity index (χ1) is 13.7. The summed E-state index contributed by atoms with van der Waals surface area (Å²) >= 11 is 11.8. The third-order valence-corrected chi connectivity index (χ3v) is 5.66. The highest BCUT2D eigenvalue weighted by atomic mass is 35.5. The van der Waals surface area contributed by atoms with E-state index in [0.717, 1.165) is 37.9 Å². The lowest BCUT2D eigenvalue weighted by molar-refractivity contribution is -0.137. The van der Waals surface area contributed by atoms with Crippen molar-refractivity contribution in [2.75, 3.05) is 11.9 Å². The molecule has 1 aromatic heterocycles. The summed E-state index contributed by atoms with van der Waals surface area (Å²) in [5.41, 5.74) is -1.11. The second-order valence-corrected chi connectivity index (χ2v) is 7.90. The van der Waals surface area contributed by atoms with Crippen molar-refractivity contribution in [3.63, 3.8) is 0 Å². The second kappa shape index (κ2) is 9.22. The Kier molecular flexibility index (Phi) is 6.90. The Balaban J connectivity index is 1.78. The molecule has 2 aromatic rings. The Labute approximate surface area is 176 Å². The van der Waals surface area contributed by atoms with Crippen LogP contribution in [-0.2, 0) is 6.18 Å². The fourth-order valence-corrected chi connectivity index (χ4v) is 3.68. The van der Waals surface area contributed by atoms with Crippen LogP contribution in [0.1, 0.15) is 48.0 Å². The van der Waals surface area contributed by atoms with Gasteiger partial charge in [0.15, 0.2) is 0 Å². The summed E-state index contributed by atoms with van der Waals surface area (Å²) in [4.78, 5) is 16.4. The molecular weight excluding hydrogens is 426 g/mol. The average molecular weight is 446 g/mol. The number of pyridine rings is 1. The Morgan fingerprint density at radius 2 is 1.83 bits per heavy atom. The maximum Gasteiger partial charge on any atom is 0.417 e. The molecule has 1 aliphatic carbocycles. The maximum atomic E-state index is 13.6. The number of benzene rings is 1. The first kappa shape index (κ1) is 21.7. The number of halogens is 5. The average Bonchev–Trinajstić information content (AvgIpc) is 2.69. The third kappa shape index (κ3) is 5.76. The van der Waals surface area contributed by atoms with Crippen LogP contribution in [0.4, 0.5) is 24.7 Å². The number of amides is 1. The van der Waals surface area contributed by atoms with Crippen LogP contribution in [0.25, 0.3) is 0 Å². The number of nitrogens with zero attached hydrogens (tertiary/aromatic N) is 1. The summed E-state index contributed by atoms with van der Waals surface area (Å²) in [7, 11) is 0. The first-order valence-electron chi connectivity index (χ1n) is 9.31. The van der Waals surface area contributed by atoms with E-state index in [1.165, 1.54) is 18.6 Å². The van der Waals surface area contributed by atoms with Gasteiger partial charge in [-0.1, -0.05) is 42.5 Å². The molecule has 3 rings (SSSR count). The Morgan fingerprint density at radius 3 is 2.48 bits per heavy atom. The Morgan fingerprint density at radius 1 is 1.10 bits per heavy atom. The van der Waals surface area contributed by atoms with Crippen molar-refractivity contribution in [1.29, 1.82) is 0 Å². The van der Waals surface area contributed by atoms with E-state index in [-0.39, 0.29) is 10.8 Å². The van der Waals surface area contributed by atoms with Crippen LogP contribution in [0.2, 0.25) is 10.0 Å². The molecule has 0 unspecified atom stereocenters. The minimum absolute atomic E-state index is 0.0560. The fraction of sp³-hybridized carbons (Fsp3) is 0.400. The van der Waals surface area contributed by atoms with Crippen LogP contribution in [0.15, 0.2) is 30.5 Å². The van der Waals surface area contributed by atoms with Crippen molar-refractivity contribution >= 4 is 40.6 Å². The molecule has 9 heteroatoms. The fourth-order valence-electron chi connectivity index (χ4n) is 3.38. The summed E-state index contributed by atoms with van der Waals surface area (Å²) in [6.45, 7) is 0.374. The number of rotatable bonds is 5. The van der Waals surface area contributed by atoms with Crippen LogP contribution < -0.4 is 10.6 Å². The molecule has 29 heavy (non-hydrogen) atoms. The highest BCUT2D eigenvalue weighted by Crippen LogP contribution is 2.34. The van der Waals surface area contributed by atoms with Gasteiger partial charge in [-0.15, -0.1) is 0 Å². The standard InChI is InChI=1S/C20H20Cl2F3N3O/c21-16-7-6-13(8-17(16)22)28-18-9-15(20(23,24)25)14(11-26-18)19(29)27-10-12-4-2-1-3-5-12/h6-9,11-12H,1-5,10H2,(H,26,28)(H,27,29). The SMILES string of the molecule is O=C(NCC1CCCCC1)c1cnc(Nc2ccc(Cl)c(Cl)c2)cc1C(F)(F)F. The van der Waals surface area contributed by atoms with Gasteiger partial charge in [0, 0.05) is 18.4 Å². The van der Waals surface area contributed by atoms with E-state index < -0.39 is 23.2 Å². The Bertz CT molecular complexity index is 884. The molecule has 0 bridgehead atoms. The smallest absolute Gasteiger partial charge is 0.352 e. The number of nitrogens with one attached hydrogen (secondary N) is 2. The van der Waals surface area contributed by atoms with Gasteiger partial charge >= 0.3 is 6.18 Å². The number of hydrogen-bond acceptors (Lipinski definition) is 3. The molecule has 0 radical (unpaired) electrons. The molecule has 1 amide bonds. The molecule has 2 N–H and O–H groups in total. The summed E-state index contributed by atoms with van der Waals surface area (Å²) in [5.74, 6) is -0.512. The molecule has 156 valence electrons. The zero-order valence-corrected chi connectivity index (χ0v) is 17.0. The zero-order valence-electron chi connectivity index (χ0n) is 15.5. The van der Waals surface area contributed by atoms with Crippen LogP contribution in [-0.4, -0.2) is 17.4 Å². The van der Waals surface area contributed by atoms with Gasteiger partial charge in [-0.3, -0.25) is 4.79 Å². The number of carbonyl (C=O) groups excluding carboxylic acids is 1. The molecular formula is C20H20Cl2F3N3O. The predicted octanol–water partition coefficient (Wildman–Crippen LogP) is 6.46. The van der Waals surface area contributed by atoms with Crippen molar-refractivity contribution in [2.24, 2.45) is 5.92 Å². The molecule has 1 saturated carbocycles. The van der Waals surface area contributed by atoms with Gasteiger partial charge in [0.25, 0.3) is 5.91 Å². The highest BCUT2D eigenvalue weighted by molar-refractivity contribution is 6.42. The topological polar surface area (TPSA) is 54.0 Å². The van der Waals surface area contributed by atoms with E-state index in [9.17, 15) is 18.0 Å². The quantitative estimate of drug-likeness (QED) is 0.554. The molecule has 1 aromatic carbocycles. The van der Waals surface area contributed by atoms with Crippen molar-refractivity contribution in [2.45, 2.75) is 38.3 Å². The van der Waals surface area contributed by atoms with Crippen molar-refractivity contribution < 1.29 is 18.0 Å². The lowest BCUT2D eigenvalue weighted by atomic mass is 9.89. The number of alkyl halides is 3. The van der Waals surface area contributed by atoms with Gasteiger partial charge in [0.2, 0.25) is 0 Å². The van der Waals surface area contributed by atoms with Crippen LogP contribution in [0.5, 0.6) is 0 Å². The maximum absolute atomic E-state index is 13.6. The summed E-state index contributed by atoms with van der Waals surface area (Å²) in [6, 6.07) is 5.37. The van der Waals surface area contributed by atoms with E-state index >= 15 is 0 Å². The first-order valence-corrected chi connectivity index (χ1v) is 10.1. The number of hydrogen-bond donors (Lipinski definition) is 2. The van der Waals surface area contributed by atoms with Gasteiger partial charge in [-0.2, -0.15) is 13.2 Å². The molecule has 0 atom stereocenters. The van der Waals surface area contributed by atoms with E-state index in [2.05, 4.69) is 15.6 Å². The summed E-state index contributed by atoms with van der Waals surface area (Å²) in [5, 5.41) is 5.96. The van der Waals surface area contributed by atoms with E-state index in [0.29, 0.717) is 23.2 Å². The highest BCUT2D eigenvalue weighted by Gasteiger charge is 2.36. The van der Waals surface area contributed by atoms with Gasteiger partial charge in [0.1, 0.15) is 5.82 Å². The summed E-state index contributed by atoms with van der Waals surface area (Å²) in [6.07, 6.45) is 1.55. The van der Waals surface area contributed by atoms with Gasteiger partial charge in [-0.25, -0.2) is 4.98 Å². The van der Waals surface area contributed by atoms with E-state index in [1.54, 1.807) is 6.07 Å². The van der Waals surface area contributed by atoms with Crippen LogP contribution in [0.3, 0.4) is 0 Å². The number of aromatic nitrogens is 1. The Hall–Kier alpha value is -1.99. The van der Waals surface area contributed by atoms with Crippen molar-refractivity contribution in [3.05, 3.63) is 51.6 Å². The minimum Gasteiger partial charge on any atom is -0.352 e. The molecule has 4 nitrogen and oxygen atoms in total. The normalized spacial score (nSPS) is 15.2. The van der Waals surface area contributed by atoms with Crippen molar-refractivity contribution in [1.82, 2.24) is 10.3 Å². The van der Waals surface area contributed by atoms with Crippen molar-refractivity contribution in [3.8, 4) is 0 Å². The third-order valence-electron chi connectivity index (χ3n) is 4.92. The number of anilines is 2. The van der Waals surface area contributed by atoms with E-state index in [1.807, 2.05) is 0 Å². The molecule has 0 saturated heterocycles. The minimum atomic E-state index is -4.70. The molecule has 1 heterocycles. The van der Waals surface area contributed by atoms with Gasteiger partial charge < -0.3 is 10.6 Å². The predicted molar refractivity (Wildman–Crippen MR) is 108 cm³/mol.